The summed E-state index contributed by atoms with van der Waals surface area (Å²) in [4.78, 5) is 27.5. The molecule has 2 amide bonds. The van der Waals surface area contributed by atoms with E-state index in [1.807, 2.05) is 31.2 Å². The number of rotatable bonds is 8. The predicted octanol–water partition coefficient (Wildman–Crippen LogP) is 4.50. The van der Waals surface area contributed by atoms with Gasteiger partial charge in [-0.3, -0.25) is 9.59 Å². The lowest BCUT2D eigenvalue weighted by Crippen LogP contribution is -2.50. The van der Waals surface area contributed by atoms with Gasteiger partial charge < -0.3 is 15.0 Å². The Kier molecular flexibility index (Phi) is 7.75. The molecular formula is C24H29ClN2O3. The summed E-state index contributed by atoms with van der Waals surface area (Å²) in [5, 5.41) is 3.64. The van der Waals surface area contributed by atoms with Crippen molar-refractivity contribution >= 4 is 23.4 Å². The third-order valence-corrected chi connectivity index (χ3v) is 5.74. The molecule has 6 heteroatoms. The van der Waals surface area contributed by atoms with Gasteiger partial charge in [0.15, 0.2) is 6.61 Å². The minimum Gasteiger partial charge on any atom is -0.484 e. The van der Waals surface area contributed by atoms with Crippen molar-refractivity contribution < 1.29 is 14.3 Å². The Bertz CT molecular complexity index is 863. The molecule has 0 aliphatic heterocycles. The monoisotopic (exact) mass is 428 g/mol. The number of ether oxygens (including phenoxy) is 1. The van der Waals surface area contributed by atoms with Gasteiger partial charge in [-0.15, -0.1) is 0 Å². The zero-order chi connectivity index (χ0) is 21.5. The fourth-order valence-electron chi connectivity index (χ4n) is 3.65. The largest absolute Gasteiger partial charge is 0.484 e. The normalized spacial score (nSPS) is 14.9. The predicted molar refractivity (Wildman–Crippen MR) is 119 cm³/mol. The summed E-state index contributed by atoms with van der Waals surface area (Å²) in [6, 6.07) is 14.5. The van der Waals surface area contributed by atoms with E-state index in [0.717, 1.165) is 36.8 Å². The van der Waals surface area contributed by atoms with E-state index in [1.165, 1.54) is 0 Å². The number of hydrogen-bond acceptors (Lipinski definition) is 3. The number of halogens is 1. The Morgan fingerprint density at radius 1 is 1.17 bits per heavy atom. The fraction of sp³-hybridized carbons (Fsp3) is 0.417. The van der Waals surface area contributed by atoms with Gasteiger partial charge in [-0.05, 0) is 50.5 Å². The first kappa shape index (κ1) is 22.2. The molecule has 5 nitrogen and oxygen atoms in total. The summed E-state index contributed by atoms with van der Waals surface area (Å²) >= 11 is 5.99. The Labute approximate surface area is 183 Å². The number of aryl methyl sites for hydroxylation is 1. The van der Waals surface area contributed by atoms with Crippen molar-refractivity contribution in [3.05, 3.63) is 64.7 Å². The molecule has 1 saturated carbocycles. The van der Waals surface area contributed by atoms with Gasteiger partial charge in [-0.25, -0.2) is 0 Å². The van der Waals surface area contributed by atoms with Gasteiger partial charge in [-0.1, -0.05) is 60.3 Å². The van der Waals surface area contributed by atoms with Crippen LogP contribution in [0.1, 0.15) is 43.7 Å². The van der Waals surface area contributed by atoms with Crippen LogP contribution in [0.2, 0.25) is 5.02 Å². The Morgan fingerprint density at radius 3 is 2.53 bits per heavy atom. The van der Waals surface area contributed by atoms with Crippen LogP contribution < -0.4 is 10.1 Å². The standard InChI is InChI=1S/C24H29ClN2O3/c1-17-10-12-19(13-11-17)15-27(18(2)24(29)26-21-7-3-4-8-21)23(28)16-30-22-9-5-6-20(25)14-22/h5-6,9-14,18,21H,3-4,7-8,15-16H2,1-2H3,(H,26,29)/t18-/m0/s1. The average molecular weight is 429 g/mol. The van der Waals surface area contributed by atoms with E-state index >= 15 is 0 Å². The smallest absolute Gasteiger partial charge is 0.261 e. The zero-order valence-corrected chi connectivity index (χ0v) is 18.3. The van der Waals surface area contributed by atoms with Gasteiger partial charge in [0.1, 0.15) is 11.8 Å². The highest BCUT2D eigenvalue weighted by molar-refractivity contribution is 6.30. The maximum Gasteiger partial charge on any atom is 0.261 e. The molecule has 2 aromatic rings. The molecule has 1 fully saturated rings. The SMILES string of the molecule is Cc1ccc(CN(C(=O)COc2cccc(Cl)c2)[C@@H](C)C(=O)NC2CCCC2)cc1. The van der Waals surface area contributed by atoms with Crippen LogP contribution in [0.25, 0.3) is 0 Å². The molecule has 0 radical (unpaired) electrons. The highest BCUT2D eigenvalue weighted by atomic mass is 35.5. The fourth-order valence-corrected chi connectivity index (χ4v) is 3.83. The molecule has 1 N–H and O–H groups in total. The number of carbonyl (C=O) groups is 2. The minimum atomic E-state index is -0.595. The summed E-state index contributed by atoms with van der Waals surface area (Å²) in [6.45, 7) is 3.98. The zero-order valence-electron chi connectivity index (χ0n) is 17.6. The van der Waals surface area contributed by atoms with Crippen molar-refractivity contribution in [2.45, 2.75) is 58.2 Å². The summed E-state index contributed by atoms with van der Waals surface area (Å²) < 4.78 is 5.64. The minimum absolute atomic E-state index is 0.120. The molecule has 2 aromatic carbocycles. The quantitative estimate of drug-likeness (QED) is 0.673. The third-order valence-electron chi connectivity index (χ3n) is 5.50. The molecule has 3 rings (SSSR count). The van der Waals surface area contributed by atoms with Crippen molar-refractivity contribution in [1.82, 2.24) is 10.2 Å². The number of carbonyl (C=O) groups excluding carboxylic acids is 2. The molecule has 30 heavy (non-hydrogen) atoms. The lowest BCUT2D eigenvalue weighted by Gasteiger charge is -2.29. The van der Waals surface area contributed by atoms with Crippen LogP contribution >= 0.6 is 11.6 Å². The van der Waals surface area contributed by atoms with Crippen LogP contribution in [0.15, 0.2) is 48.5 Å². The van der Waals surface area contributed by atoms with E-state index in [9.17, 15) is 9.59 Å². The number of nitrogens with zero attached hydrogens (tertiary/aromatic N) is 1. The second-order valence-corrected chi connectivity index (χ2v) is 8.36. The highest BCUT2D eigenvalue weighted by Crippen LogP contribution is 2.20. The Balaban J connectivity index is 1.70. The second kappa shape index (κ2) is 10.5. The van der Waals surface area contributed by atoms with E-state index < -0.39 is 6.04 Å². The maximum absolute atomic E-state index is 13.0. The topological polar surface area (TPSA) is 58.6 Å². The van der Waals surface area contributed by atoms with Gasteiger partial charge >= 0.3 is 0 Å². The molecule has 0 aromatic heterocycles. The van der Waals surface area contributed by atoms with Crippen molar-refractivity contribution in [3.63, 3.8) is 0 Å². The molecule has 1 aliphatic carbocycles. The summed E-state index contributed by atoms with van der Waals surface area (Å²) in [5.41, 5.74) is 2.12. The van der Waals surface area contributed by atoms with E-state index in [0.29, 0.717) is 17.3 Å². The first-order valence-corrected chi connectivity index (χ1v) is 10.8. The van der Waals surface area contributed by atoms with Crippen LogP contribution in [-0.2, 0) is 16.1 Å². The summed E-state index contributed by atoms with van der Waals surface area (Å²) in [5.74, 6) is 0.156. The van der Waals surface area contributed by atoms with E-state index in [1.54, 1.807) is 36.1 Å². The van der Waals surface area contributed by atoms with E-state index in [-0.39, 0.29) is 24.5 Å². The van der Waals surface area contributed by atoms with Crippen molar-refractivity contribution in [2.75, 3.05) is 6.61 Å². The third kappa shape index (κ3) is 6.23. The van der Waals surface area contributed by atoms with E-state index in [2.05, 4.69) is 5.32 Å². The first-order chi connectivity index (χ1) is 14.4. The number of nitrogens with one attached hydrogen (secondary N) is 1. The van der Waals surface area contributed by atoms with Crippen LogP contribution in [0.5, 0.6) is 5.75 Å². The molecule has 1 atom stereocenters. The highest BCUT2D eigenvalue weighted by Gasteiger charge is 2.28. The van der Waals surface area contributed by atoms with Gasteiger partial charge in [0, 0.05) is 17.6 Å². The number of benzene rings is 2. The van der Waals surface area contributed by atoms with Crippen LogP contribution in [0, 0.1) is 6.92 Å². The molecule has 0 spiro atoms. The van der Waals surface area contributed by atoms with Crippen molar-refractivity contribution in [1.29, 1.82) is 0 Å². The summed E-state index contributed by atoms with van der Waals surface area (Å²) in [6.07, 6.45) is 4.28. The van der Waals surface area contributed by atoms with Crippen molar-refractivity contribution in [2.24, 2.45) is 0 Å². The van der Waals surface area contributed by atoms with Crippen molar-refractivity contribution in [3.8, 4) is 5.75 Å². The molecule has 1 aliphatic rings. The van der Waals surface area contributed by atoms with E-state index in [4.69, 9.17) is 16.3 Å². The summed E-state index contributed by atoms with van der Waals surface area (Å²) in [7, 11) is 0. The van der Waals surface area contributed by atoms with Crippen LogP contribution in [0.4, 0.5) is 0 Å². The molecule has 0 unspecified atom stereocenters. The number of hydrogen-bond donors (Lipinski definition) is 1. The van der Waals surface area contributed by atoms with Crippen LogP contribution in [0.3, 0.4) is 0 Å². The lowest BCUT2D eigenvalue weighted by atomic mass is 10.1. The second-order valence-electron chi connectivity index (χ2n) is 7.92. The molecular weight excluding hydrogens is 400 g/mol. The lowest BCUT2D eigenvalue weighted by molar-refractivity contribution is -0.142. The molecule has 0 heterocycles. The Hall–Kier alpha value is -2.53. The first-order valence-electron chi connectivity index (χ1n) is 10.5. The van der Waals surface area contributed by atoms with Gasteiger partial charge in [-0.2, -0.15) is 0 Å². The van der Waals surface area contributed by atoms with Crippen LogP contribution in [-0.4, -0.2) is 35.4 Å². The molecule has 160 valence electrons. The molecule has 0 bridgehead atoms. The van der Waals surface area contributed by atoms with Gasteiger partial charge in [0.05, 0.1) is 0 Å². The maximum atomic E-state index is 13.0. The molecule has 0 saturated heterocycles. The Morgan fingerprint density at radius 2 is 1.87 bits per heavy atom. The van der Waals surface area contributed by atoms with Gasteiger partial charge in [0.25, 0.3) is 5.91 Å². The van der Waals surface area contributed by atoms with Gasteiger partial charge in [0.2, 0.25) is 5.91 Å². The number of amides is 2. The average Bonchev–Trinajstić information content (AvgIpc) is 3.24.